The van der Waals surface area contributed by atoms with Gasteiger partial charge >= 0.3 is 5.97 Å². The van der Waals surface area contributed by atoms with E-state index in [0.29, 0.717) is 6.42 Å². The number of carboxylic acids is 1. The first-order valence-electron chi connectivity index (χ1n) is 7.55. The van der Waals surface area contributed by atoms with Crippen molar-refractivity contribution in [3.8, 4) is 5.75 Å². The number of para-hydroxylation sites is 1. The van der Waals surface area contributed by atoms with Crippen molar-refractivity contribution in [3.63, 3.8) is 0 Å². The van der Waals surface area contributed by atoms with E-state index >= 15 is 0 Å². The second kappa shape index (κ2) is 8.41. The molecule has 0 unspecified atom stereocenters. The number of hydrogen-bond acceptors (Lipinski definition) is 3. The van der Waals surface area contributed by atoms with Gasteiger partial charge in [-0.1, -0.05) is 45.4 Å². The number of methoxy groups -OCH3 is 1. The van der Waals surface area contributed by atoms with Gasteiger partial charge in [0.15, 0.2) is 0 Å². The van der Waals surface area contributed by atoms with Crippen molar-refractivity contribution < 1.29 is 19.4 Å². The maximum absolute atomic E-state index is 12.1. The first kappa shape index (κ1) is 18.0. The van der Waals surface area contributed by atoms with E-state index in [0.717, 1.165) is 11.3 Å². The molecular weight excluding hydrogens is 282 g/mol. The molecule has 1 aromatic carbocycles. The lowest BCUT2D eigenvalue weighted by molar-refractivity contribution is -0.143. The topological polar surface area (TPSA) is 75.6 Å². The largest absolute Gasteiger partial charge is 0.496 e. The molecule has 1 rings (SSSR count). The van der Waals surface area contributed by atoms with Crippen molar-refractivity contribution in [3.05, 3.63) is 29.8 Å². The standard InChI is InChI=1S/C17H25NO4/c1-5-11(2)16(17(20)21)18-15(19)10-12(3)13-8-6-7-9-14(13)22-4/h6-9,11-12,16H,5,10H2,1-4H3,(H,18,19)(H,20,21)/t11-,12+,16+/m0/s1. The molecule has 22 heavy (non-hydrogen) atoms. The molecule has 5 heteroatoms. The Kier molecular flexibility index (Phi) is 6.89. The molecule has 0 aliphatic carbocycles. The Bertz CT molecular complexity index is 515. The molecule has 0 fully saturated rings. The van der Waals surface area contributed by atoms with Crippen LogP contribution in [0.15, 0.2) is 24.3 Å². The van der Waals surface area contributed by atoms with Crippen LogP contribution in [0.3, 0.4) is 0 Å². The van der Waals surface area contributed by atoms with E-state index in [1.54, 1.807) is 7.11 Å². The number of rotatable bonds is 8. The number of carboxylic acid groups (broad SMARTS) is 1. The van der Waals surface area contributed by atoms with Crippen LogP contribution in [0.1, 0.15) is 45.1 Å². The minimum atomic E-state index is -0.993. The summed E-state index contributed by atoms with van der Waals surface area (Å²) < 4.78 is 5.30. The van der Waals surface area contributed by atoms with E-state index in [1.165, 1.54) is 0 Å². The molecule has 1 amide bonds. The highest BCUT2D eigenvalue weighted by atomic mass is 16.5. The molecule has 0 saturated heterocycles. The molecule has 0 aliphatic rings. The molecule has 0 spiro atoms. The predicted molar refractivity (Wildman–Crippen MR) is 85.0 cm³/mol. The fraction of sp³-hybridized carbons (Fsp3) is 0.529. The number of carbonyl (C=O) groups excluding carboxylic acids is 1. The predicted octanol–water partition coefficient (Wildman–Crippen LogP) is 2.80. The summed E-state index contributed by atoms with van der Waals surface area (Å²) in [7, 11) is 1.59. The quantitative estimate of drug-likeness (QED) is 0.774. The van der Waals surface area contributed by atoms with Crippen molar-refractivity contribution >= 4 is 11.9 Å². The van der Waals surface area contributed by atoms with Crippen LogP contribution in [0, 0.1) is 5.92 Å². The number of aliphatic carboxylic acids is 1. The lowest BCUT2D eigenvalue weighted by Crippen LogP contribution is -2.45. The normalized spacial score (nSPS) is 14.7. The van der Waals surface area contributed by atoms with E-state index in [1.807, 2.05) is 45.0 Å². The Hall–Kier alpha value is -2.04. The van der Waals surface area contributed by atoms with Gasteiger partial charge in [-0.15, -0.1) is 0 Å². The van der Waals surface area contributed by atoms with Gasteiger partial charge in [0, 0.05) is 6.42 Å². The number of amides is 1. The molecule has 0 radical (unpaired) electrons. The van der Waals surface area contributed by atoms with Crippen LogP contribution >= 0.6 is 0 Å². The molecule has 2 N–H and O–H groups in total. The molecule has 122 valence electrons. The van der Waals surface area contributed by atoms with Gasteiger partial charge in [-0.2, -0.15) is 0 Å². The number of nitrogens with one attached hydrogen (secondary N) is 1. The maximum Gasteiger partial charge on any atom is 0.326 e. The SMILES string of the molecule is CC[C@H](C)[C@@H](NC(=O)C[C@@H](C)c1ccccc1OC)C(=O)O. The maximum atomic E-state index is 12.1. The monoisotopic (exact) mass is 307 g/mol. The molecule has 0 heterocycles. The van der Waals surface area contributed by atoms with Crippen LogP contribution in [0.4, 0.5) is 0 Å². The summed E-state index contributed by atoms with van der Waals surface area (Å²) in [6.07, 6.45) is 0.917. The van der Waals surface area contributed by atoms with Crippen LogP contribution in [-0.2, 0) is 9.59 Å². The zero-order chi connectivity index (χ0) is 16.7. The molecule has 0 aromatic heterocycles. The molecule has 0 aliphatic heterocycles. The van der Waals surface area contributed by atoms with Crippen LogP contribution in [-0.4, -0.2) is 30.1 Å². The van der Waals surface area contributed by atoms with Crippen LogP contribution in [0.2, 0.25) is 0 Å². The average Bonchev–Trinajstić information content (AvgIpc) is 2.51. The van der Waals surface area contributed by atoms with E-state index < -0.39 is 12.0 Å². The van der Waals surface area contributed by atoms with Crippen molar-refractivity contribution in [1.82, 2.24) is 5.32 Å². The third-order valence-corrected chi connectivity index (χ3v) is 3.96. The van der Waals surface area contributed by atoms with Gasteiger partial charge < -0.3 is 15.2 Å². The van der Waals surface area contributed by atoms with Crippen LogP contribution in [0.5, 0.6) is 5.75 Å². The minimum absolute atomic E-state index is 0.0532. The van der Waals surface area contributed by atoms with Gasteiger partial charge in [0.25, 0.3) is 0 Å². The Balaban J connectivity index is 2.73. The lowest BCUT2D eigenvalue weighted by atomic mass is 9.95. The molecule has 0 saturated carbocycles. The summed E-state index contributed by atoms with van der Waals surface area (Å²) >= 11 is 0. The molecule has 1 aromatic rings. The number of carbonyl (C=O) groups is 2. The highest BCUT2D eigenvalue weighted by molar-refractivity contribution is 5.84. The van der Waals surface area contributed by atoms with Crippen LogP contribution in [0.25, 0.3) is 0 Å². The van der Waals surface area contributed by atoms with Crippen molar-refractivity contribution in [1.29, 1.82) is 0 Å². The summed E-state index contributed by atoms with van der Waals surface area (Å²) in [5.74, 6) is -0.677. The Morgan fingerprint density at radius 1 is 1.27 bits per heavy atom. The first-order chi connectivity index (χ1) is 10.4. The summed E-state index contributed by atoms with van der Waals surface area (Å²) in [5, 5.41) is 11.8. The number of hydrogen-bond donors (Lipinski definition) is 2. The van der Waals surface area contributed by atoms with E-state index in [9.17, 15) is 14.7 Å². The van der Waals surface area contributed by atoms with Gasteiger partial charge in [0.1, 0.15) is 11.8 Å². The third kappa shape index (κ3) is 4.76. The van der Waals surface area contributed by atoms with Crippen molar-refractivity contribution in [2.24, 2.45) is 5.92 Å². The molecule has 3 atom stereocenters. The average molecular weight is 307 g/mol. The van der Waals surface area contributed by atoms with Gasteiger partial charge in [-0.3, -0.25) is 4.79 Å². The number of benzene rings is 1. The molecule has 5 nitrogen and oxygen atoms in total. The zero-order valence-corrected chi connectivity index (χ0v) is 13.6. The van der Waals surface area contributed by atoms with Crippen molar-refractivity contribution in [2.45, 2.75) is 45.6 Å². The summed E-state index contributed by atoms with van der Waals surface area (Å²) in [6.45, 7) is 5.66. The first-order valence-corrected chi connectivity index (χ1v) is 7.55. The smallest absolute Gasteiger partial charge is 0.326 e. The summed E-state index contributed by atoms with van der Waals surface area (Å²) in [5.41, 5.74) is 0.940. The van der Waals surface area contributed by atoms with Crippen LogP contribution < -0.4 is 10.1 Å². The highest BCUT2D eigenvalue weighted by Gasteiger charge is 2.26. The van der Waals surface area contributed by atoms with Gasteiger partial charge in [0.05, 0.1) is 7.11 Å². The van der Waals surface area contributed by atoms with Crippen molar-refractivity contribution in [2.75, 3.05) is 7.11 Å². The Morgan fingerprint density at radius 2 is 1.91 bits per heavy atom. The lowest BCUT2D eigenvalue weighted by Gasteiger charge is -2.21. The fourth-order valence-electron chi connectivity index (χ4n) is 2.38. The van der Waals surface area contributed by atoms with Gasteiger partial charge in [-0.05, 0) is 23.5 Å². The zero-order valence-electron chi connectivity index (χ0n) is 13.6. The Labute approximate surface area is 131 Å². The minimum Gasteiger partial charge on any atom is -0.496 e. The summed E-state index contributed by atoms with van der Waals surface area (Å²) in [4.78, 5) is 23.4. The third-order valence-electron chi connectivity index (χ3n) is 3.96. The summed E-state index contributed by atoms with van der Waals surface area (Å²) in [6, 6.07) is 6.69. The second-order valence-electron chi connectivity index (χ2n) is 5.62. The van der Waals surface area contributed by atoms with E-state index in [4.69, 9.17) is 4.74 Å². The van der Waals surface area contributed by atoms with Gasteiger partial charge in [-0.25, -0.2) is 4.79 Å². The Morgan fingerprint density at radius 3 is 2.45 bits per heavy atom. The fourth-order valence-corrected chi connectivity index (χ4v) is 2.38. The number of ether oxygens (including phenoxy) is 1. The highest BCUT2D eigenvalue weighted by Crippen LogP contribution is 2.28. The molecule has 0 bridgehead atoms. The molecular formula is C17H25NO4. The van der Waals surface area contributed by atoms with E-state index in [-0.39, 0.29) is 24.2 Å². The second-order valence-corrected chi connectivity index (χ2v) is 5.62. The van der Waals surface area contributed by atoms with E-state index in [2.05, 4.69) is 5.32 Å². The van der Waals surface area contributed by atoms with Gasteiger partial charge in [0.2, 0.25) is 5.91 Å².